The molecule has 2 aliphatic heterocycles. The maximum absolute atomic E-state index is 12.8. The Kier molecular flexibility index (Phi) is 6.04. The van der Waals surface area contributed by atoms with Gasteiger partial charge in [0.15, 0.2) is 5.78 Å². The van der Waals surface area contributed by atoms with E-state index in [0.29, 0.717) is 43.8 Å². The molecule has 0 aliphatic carbocycles. The molecule has 2 amide bonds. The highest BCUT2D eigenvalue weighted by Gasteiger charge is 2.44. The van der Waals surface area contributed by atoms with Crippen molar-refractivity contribution in [3.05, 3.63) is 47.3 Å². The highest BCUT2D eigenvalue weighted by Crippen LogP contribution is 2.39. The first kappa shape index (κ1) is 22.0. The predicted molar refractivity (Wildman–Crippen MR) is 118 cm³/mol. The number of nitrogens with zero attached hydrogens (tertiary/aromatic N) is 3. The molecule has 0 bridgehead atoms. The largest absolute Gasteiger partial charge is 0.486 e. The van der Waals surface area contributed by atoms with Gasteiger partial charge in [-0.1, -0.05) is 12.1 Å². The van der Waals surface area contributed by atoms with E-state index in [1.807, 2.05) is 36.7 Å². The SMILES string of the molecule is Cc1cc(C)n(CCNC(=O)C(C)N2CCC3(CCC2=O)CC(=O)c2ccccc2O3)n1. The fourth-order valence-electron chi connectivity index (χ4n) is 4.66. The average molecular weight is 439 g/mol. The van der Waals surface area contributed by atoms with Crippen LogP contribution in [0, 0.1) is 13.8 Å². The third-order valence-electron chi connectivity index (χ3n) is 6.49. The second kappa shape index (κ2) is 8.76. The van der Waals surface area contributed by atoms with Crippen molar-refractivity contribution in [3.8, 4) is 5.75 Å². The van der Waals surface area contributed by atoms with E-state index in [1.165, 1.54) is 0 Å². The maximum atomic E-state index is 12.8. The van der Waals surface area contributed by atoms with Gasteiger partial charge in [-0.15, -0.1) is 0 Å². The van der Waals surface area contributed by atoms with E-state index >= 15 is 0 Å². The predicted octanol–water partition coefficient (Wildman–Crippen LogP) is 2.42. The first-order valence-electron chi connectivity index (χ1n) is 11.2. The zero-order chi connectivity index (χ0) is 22.9. The van der Waals surface area contributed by atoms with E-state index in [1.54, 1.807) is 24.0 Å². The molecule has 8 nitrogen and oxygen atoms in total. The summed E-state index contributed by atoms with van der Waals surface area (Å²) in [7, 11) is 0. The molecule has 2 unspecified atom stereocenters. The molecular weight excluding hydrogens is 408 g/mol. The number of fused-ring (bicyclic) bond motifs is 1. The van der Waals surface area contributed by atoms with Crippen molar-refractivity contribution in [1.82, 2.24) is 20.0 Å². The number of hydrogen-bond donors (Lipinski definition) is 1. The van der Waals surface area contributed by atoms with Gasteiger partial charge >= 0.3 is 0 Å². The molecule has 1 aromatic heterocycles. The Morgan fingerprint density at radius 3 is 2.78 bits per heavy atom. The minimum Gasteiger partial charge on any atom is -0.486 e. The lowest BCUT2D eigenvalue weighted by Crippen LogP contribution is -2.49. The van der Waals surface area contributed by atoms with Crippen molar-refractivity contribution < 1.29 is 19.1 Å². The van der Waals surface area contributed by atoms with Crippen LogP contribution in [0.2, 0.25) is 0 Å². The zero-order valence-electron chi connectivity index (χ0n) is 18.9. The summed E-state index contributed by atoms with van der Waals surface area (Å²) < 4.78 is 8.12. The summed E-state index contributed by atoms with van der Waals surface area (Å²) in [6.07, 6.45) is 1.49. The number of nitrogens with one attached hydrogen (secondary N) is 1. The summed E-state index contributed by atoms with van der Waals surface area (Å²) in [5.74, 6) is 0.349. The molecular formula is C24H30N4O4. The molecule has 4 rings (SSSR count). The minimum absolute atomic E-state index is 0.0442. The molecule has 2 aliphatic rings. The fraction of sp³-hybridized carbons (Fsp3) is 0.500. The lowest BCUT2D eigenvalue weighted by Gasteiger charge is -2.37. The molecule has 1 saturated heterocycles. The topological polar surface area (TPSA) is 93.5 Å². The van der Waals surface area contributed by atoms with Gasteiger partial charge in [0.1, 0.15) is 17.4 Å². The van der Waals surface area contributed by atoms with Crippen LogP contribution in [-0.2, 0) is 16.1 Å². The molecule has 2 aromatic rings. The van der Waals surface area contributed by atoms with Gasteiger partial charge in [0.05, 0.1) is 24.2 Å². The molecule has 1 spiro atoms. The van der Waals surface area contributed by atoms with Gasteiger partial charge in [0.25, 0.3) is 0 Å². The Bertz CT molecular complexity index is 1050. The van der Waals surface area contributed by atoms with Gasteiger partial charge in [0.2, 0.25) is 11.8 Å². The minimum atomic E-state index is -0.693. The Balaban J connectivity index is 1.37. The number of Topliss-reactive ketones (excluding diaryl/α,β-unsaturated/α-hetero) is 1. The summed E-state index contributed by atoms with van der Waals surface area (Å²) in [5.41, 5.74) is 1.89. The summed E-state index contributed by atoms with van der Waals surface area (Å²) in [5, 5.41) is 7.31. The van der Waals surface area contributed by atoms with Gasteiger partial charge in [-0.3, -0.25) is 19.1 Å². The van der Waals surface area contributed by atoms with Crippen molar-refractivity contribution in [1.29, 1.82) is 0 Å². The summed E-state index contributed by atoms with van der Waals surface area (Å²) >= 11 is 0. The standard InChI is InChI=1S/C24H30N4O4/c1-16-14-17(2)28(26-16)13-11-25-23(31)18(3)27-12-10-24(9-8-22(27)30)15-20(29)19-6-4-5-7-21(19)32-24/h4-7,14,18H,8-13,15H2,1-3H3,(H,25,31). The quantitative estimate of drug-likeness (QED) is 0.774. The van der Waals surface area contributed by atoms with Crippen molar-refractivity contribution >= 4 is 17.6 Å². The van der Waals surface area contributed by atoms with Crippen LogP contribution >= 0.6 is 0 Å². The molecule has 8 heteroatoms. The molecule has 2 atom stereocenters. The number of aryl methyl sites for hydroxylation is 2. The van der Waals surface area contributed by atoms with Gasteiger partial charge in [-0.25, -0.2) is 0 Å². The zero-order valence-corrected chi connectivity index (χ0v) is 18.9. The number of ether oxygens (including phenoxy) is 1. The summed E-state index contributed by atoms with van der Waals surface area (Å²) in [4.78, 5) is 39.9. The van der Waals surface area contributed by atoms with Gasteiger partial charge in [-0.05, 0) is 45.4 Å². The normalized spacial score (nSPS) is 21.7. The molecule has 1 fully saturated rings. The smallest absolute Gasteiger partial charge is 0.242 e. The van der Waals surface area contributed by atoms with Gasteiger partial charge < -0.3 is 15.0 Å². The monoisotopic (exact) mass is 438 g/mol. The van der Waals surface area contributed by atoms with Gasteiger partial charge in [-0.2, -0.15) is 5.10 Å². The lowest BCUT2D eigenvalue weighted by atomic mass is 9.84. The molecule has 3 heterocycles. The Labute approximate surface area is 187 Å². The summed E-state index contributed by atoms with van der Waals surface area (Å²) in [6.45, 7) is 7.05. The van der Waals surface area contributed by atoms with Gasteiger partial charge in [0, 0.05) is 31.6 Å². The number of para-hydroxylation sites is 1. The van der Waals surface area contributed by atoms with Crippen LogP contribution in [0.15, 0.2) is 30.3 Å². The maximum Gasteiger partial charge on any atom is 0.242 e. The van der Waals surface area contributed by atoms with E-state index < -0.39 is 11.6 Å². The fourth-order valence-corrected chi connectivity index (χ4v) is 4.66. The van der Waals surface area contributed by atoms with Crippen LogP contribution in [-0.4, -0.2) is 57.0 Å². The number of amides is 2. The molecule has 0 radical (unpaired) electrons. The molecule has 1 N–H and O–H groups in total. The molecule has 1 aromatic carbocycles. The van der Waals surface area contributed by atoms with Crippen molar-refractivity contribution in [2.24, 2.45) is 0 Å². The number of carbonyl (C=O) groups excluding carboxylic acids is 3. The first-order valence-corrected chi connectivity index (χ1v) is 11.2. The van der Waals surface area contributed by atoms with E-state index in [9.17, 15) is 14.4 Å². The molecule has 170 valence electrons. The molecule has 32 heavy (non-hydrogen) atoms. The summed E-state index contributed by atoms with van der Waals surface area (Å²) in [6, 6.07) is 8.65. The first-order chi connectivity index (χ1) is 15.3. The van der Waals surface area contributed by atoms with E-state index in [0.717, 1.165) is 11.4 Å². The number of aromatic nitrogens is 2. The third kappa shape index (κ3) is 4.40. The van der Waals surface area contributed by atoms with Crippen molar-refractivity contribution in [3.63, 3.8) is 0 Å². The van der Waals surface area contributed by atoms with Crippen molar-refractivity contribution in [2.45, 2.75) is 64.6 Å². The van der Waals surface area contributed by atoms with Crippen LogP contribution in [0.1, 0.15) is 54.4 Å². The van der Waals surface area contributed by atoms with Crippen LogP contribution < -0.4 is 10.1 Å². The number of hydrogen-bond acceptors (Lipinski definition) is 5. The Morgan fingerprint density at radius 2 is 2.03 bits per heavy atom. The second-order valence-electron chi connectivity index (χ2n) is 8.84. The highest BCUT2D eigenvalue weighted by molar-refractivity contribution is 6.00. The third-order valence-corrected chi connectivity index (χ3v) is 6.49. The number of carbonyl (C=O) groups is 3. The highest BCUT2D eigenvalue weighted by atomic mass is 16.5. The number of rotatable bonds is 5. The van der Waals surface area contributed by atoms with E-state index in [2.05, 4.69) is 10.4 Å². The Morgan fingerprint density at radius 1 is 1.25 bits per heavy atom. The number of likely N-dealkylation sites (tertiary alicyclic amines) is 1. The second-order valence-corrected chi connectivity index (χ2v) is 8.84. The average Bonchev–Trinajstić information content (AvgIpc) is 3.00. The van der Waals surface area contributed by atoms with Crippen LogP contribution in [0.5, 0.6) is 5.75 Å². The Hall–Kier alpha value is -3.16. The molecule has 0 saturated carbocycles. The van der Waals surface area contributed by atoms with Crippen LogP contribution in [0.3, 0.4) is 0 Å². The van der Waals surface area contributed by atoms with Crippen LogP contribution in [0.4, 0.5) is 0 Å². The lowest BCUT2D eigenvalue weighted by molar-refractivity contribution is -0.139. The van der Waals surface area contributed by atoms with E-state index in [-0.39, 0.29) is 30.4 Å². The van der Waals surface area contributed by atoms with Crippen LogP contribution in [0.25, 0.3) is 0 Å². The van der Waals surface area contributed by atoms with E-state index in [4.69, 9.17) is 4.74 Å². The number of ketones is 1. The number of benzene rings is 1. The van der Waals surface area contributed by atoms with Crippen molar-refractivity contribution in [2.75, 3.05) is 13.1 Å².